The standard InChI is InChI=1S/C15H26N4/c1-7-8-16-13-17-9-10(2)11(19-13)18-12-14(3,4)15(12,5)6/h9,12H,7-8H2,1-6H3,(H2,16,17,18,19). The topological polar surface area (TPSA) is 49.8 Å². The molecule has 0 saturated heterocycles. The highest BCUT2D eigenvalue weighted by atomic mass is 15.2. The van der Waals surface area contributed by atoms with Gasteiger partial charge in [0.15, 0.2) is 0 Å². The summed E-state index contributed by atoms with van der Waals surface area (Å²) in [6, 6.07) is 0.465. The van der Waals surface area contributed by atoms with Crippen molar-refractivity contribution in [2.24, 2.45) is 10.8 Å². The Balaban J connectivity index is 2.12. The molecule has 0 aliphatic heterocycles. The van der Waals surface area contributed by atoms with Crippen LogP contribution in [0.4, 0.5) is 11.8 Å². The van der Waals surface area contributed by atoms with E-state index in [9.17, 15) is 0 Å². The largest absolute Gasteiger partial charge is 0.366 e. The van der Waals surface area contributed by atoms with Crippen LogP contribution in [0.25, 0.3) is 0 Å². The number of nitrogens with zero attached hydrogens (tertiary/aromatic N) is 2. The Labute approximate surface area is 116 Å². The third-order valence-electron chi connectivity index (χ3n) is 4.81. The van der Waals surface area contributed by atoms with Gasteiger partial charge >= 0.3 is 0 Å². The van der Waals surface area contributed by atoms with Crippen molar-refractivity contribution < 1.29 is 0 Å². The van der Waals surface area contributed by atoms with Crippen molar-refractivity contribution in [1.29, 1.82) is 0 Å². The monoisotopic (exact) mass is 262 g/mol. The molecule has 1 aliphatic carbocycles. The Morgan fingerprint density at radius 2 is 1.84 bits per heavy atom. The van der Waals surface area contributed by atoms with Gasteiger partial charge in [-0.05, 0) is 24.2 Å². The van der Waals surface area contributed by atoms with Gasteiger partial charge in [-0.2, -0.15) is 4.98 Å². The summed E-state index contributed by atoms with van der Waals surface area (Å²) in [7, 11) is 0. The van der Waals surface area contributed by atoms with E-state index in [1.165, 1.54) is 0 Å². The van der Waals surface area contributed by atoms with Gasteiger partial charge in [0.2, 0.25) is 5.95 Å². The van der Waals surface area contributed by atoms with Crippen LogP contribution in [0.1, 0.15) is 46.6 Å². The Morgan fingerprint density at radius 3 is 2.37 bits per heavy atom. The van der Waals surface area contributed by atoms with Crippen LogP contribution in [0.15, 0.2) is 6.20 Å². The molecule has 1 saturated carbocycles. The number of nitrogens with one attached hydrogen (secondary N) is 2. The van der Waals surface area contributed by atoms with Crippen molar-refractivity contribution in [2.75, 3.05) is 17.2 Å². The van der Waals surface area contributed by atoms with Crippen LogP contribution >= 0.6 is 0 Å². The van der Waals surface area contributed by atoms with Crippen molar-refractivity contribution in [1.82, 2.24) is 9.97 Å². The maximum atomic E-state index is 4.59. The highest BCUT2D eigenvalue weighted by Crippen LogP contribution is 2.63. The zero-order valence-corrected chi connectivity index (χ0v) is 13.0. The molecule has 1 fully saturated rings. The van der Waals surface area contributed by atoms with Crippen LogP contribution in [0.2, 0.25) is 0 Å². The van der Waals surface area contributed by atoms with Gasteiger partial charge in [0, 0.05) is 24.3 Å². The molecule has 4 nitrogen and oxygen atoms in total. The minimum atomic E-state index is 0.307. The molecule has 19 heavy (non-hydrogen) atoms. The zero-order valence-electron chi connectivity index (χ0n) is 13.0. The molecule has 0 amide bonds. The number of anilines is 2. The van der Waals surface area contributed by atoms with Crippen LogP contribution < -0.4 is 10.6 Å². The smallest absolute Gasteiger partial charge is 0.224 e. The van der Waals surface area contributed by atoms with E-state index in [-0.39, 0.29) is 0 Å². The van der Waals surface area contributed by atoms with Crippen LogP contribution in [0, 0.1) is 17.8 Å². The normalized spacial score (nSPS) is 20.1. The fourth-order valence-corrected chi connectivity index (χ4v) is 2.60. The second-order valence-corrected chi connectivity index (χ2v) is 6.67. The lowest BCUT2D eigenvalue weighted by molar-refractivity contribution is 0.457. The molecule has 0 unspecified atom stereocenters. The number of aromatic nitrogens is 2. The molecule has 1 aromatic rings. The first-order chi connectivity index (χ1) is 8.80. The third-order valence-corrected chi connectivity index (χ3v) is 4.81. The molecule has 0 atom stereocenters. The first-order valence-electron chi connectivity index (χ1n) is 7.14. The predicted octanol–water partition coefficient (Wildman–Crippen LogP) is 3.45. The van der Waals surface area contributed by atoms with Crippen molar-refractivity contribution in [3.05, 3.63) is 11.8 Å². The van der Waals surface area contributed by atoms with E-state index in [0.717, 1.165) is 24.3 Å². The average Bonchev–Trinajstić information content (AvgIpc) is 2.72. The summed E-state index contributed by atoms with van der Waals surface area (Å²) >= 11 is 0. The summed E-state index contributed by atoms with van der Waals surface area (Å²) in [4.78, 5) is 8.90. The second kappa shape index (κ2) is 4.66. The molecule has 4 heteroatoms. The first kappa shape index (κ1) is 14.1. The molecular weight excluding hydrogens is 236 g/mol. The van der Waals surface area contributed by atoms with Crippen molar-refractivity contribution >= 4 is 11.8 Å². The van der Waals surface area contributed by atoms with Gasteiger partial charge in [-0.3, -0.25) is 0 Å². The number of hydrogen-bond acceptors (Lipinski definition) is 4. The van der Waals surface area contributed by atoms with Gasteiger partial charge in [0.05, 0.1) is 0 Å². The molecule has 2 N–H and O–H groups in total. The first-order valence-corrected chi connectivity index (χ1v) is 7.14. The molecule has 0 spiro atoms. The van der Waals surface area contributed by atoms with E-state index >= 15 is 0 Å². The zero-order chi connectivity index (χ0) is 14.3. The average molecular weight is 262 g/mol. The molecule has 1 aromatic heterocycles. The van der Waals surface area contributed by atoms with Gasteiger partial charge in [-0.15, -0.1) is 0 Å². The van der Waals surface area contributed by atoms with Crippen LogP contribution in [-0.2, 0) is 0 Å². The molecule has 0 radical (unpaired) electrons. The van der Waals surface area contributed by atoms with Gasteiger partial charge < -0.3 is 10.6 Å². The van der Waals surface area contributed by atoms with Crippen LogP contribution in [0.5, 0.6) is 0 Å². The molecular formula is C15H26N4. The van der Waals surface area contributed by atoms with E-state index in [1.807, 2.05) is 13.1 Å². The maximum Gasteiger partial charge on any atom is 0.224 e. The Kier molecular flexibility index (Phi) is 3.45. The number of aryl methyl sites for hydroxylation is 1. The highest BCUT2D eigenvalue weighted by molar-refractivity contribution is 5.50. The SMILES string of the molecule is CCCNc1ncc(C)c(NC2C(C)(C)C2(C)C)n1. The van der Waals surface area contributed by atoms with Gasteiger partial charge in [-0.25, -0.2) is 4.98 Å². The molecule has 0 aromatic carbocycles. The quantitative estimate of drug-likeness (QED) is 0.853. The lowest BCUT2D eigenvalue weighted by atomic mass is 10.0. The molecule has 106 valence electrons. The van der Waals surface area contributed by atoms with Crippen molar-refractivity contribution in [3.8, 4) is 0 Å². The predicted molar refractivity (Wildman–Crippen MR) is 80.5 cm³/mol. The minimum Gasteiger partial charge on any atom is -0.366 e. The molecule has 1 aliphatic rings. The third kappa shape index (κ3) is 2.40. The summed E-state index contributed by atoms with van der Waals surface area (Å²) in [6.07, 6.45) is 2.96. The number of rotatable bonds is 5. The van der Waals surface area contributed by atoms with E-state index in [0.29, 0.717) is 22.8 Å². The van der Waals surface area contributed by atoms with Gasteiger partial charge in [0.25, 0.3) is 0 Å². The summed E-state index contributed by atoms with van der Waals surface area (Å²) in [5.74, 6) is 1.67. The maximum absolute atomic E-state index is 4.59. The molecule has 0 bridgehead atoms. The van der Waals surface area contributed by atoms with E-state index in [1.54, 1.807) is 0 Å². The van der Waals surface area contributed by atoms with Crippen LogP contribution in [0.3, 0.4) is 0 Å². The number of hydrogen-bond donors (Lipinski definition) is 2. The van der Waals surface area contributed by atoms with E-state index in [2.05, 4.69) is 55.2 Å². The van der Waals surface area contributed by atoms with Crippen LogP contribution in [-0.4, -0.2) is 22.6 Å². The Morgan fingerprint density at radius 1 is 1.21 bits per heavy atom. The lowest BCUT2D eigenvalue weighted by Crippen LogP contribution is -2.14. The van der Waals surface area contributed by atoms with Gasteiger partial charge in [0.1, 0.15) is 5.82 Å². The summed E-state index contributed by atoms with van der Waals surface area (Å²) < 4.78 is 0. The Bertz CT molecular complexity index is 451. The second-order valence-electron chi connectivity index (χ2n) is 6.67. The Hall–Kier alpha value is -1.32. The fraction of sp³-hybridized carbons (Fsp3) is 0.733. The summed E-state index contributed by atoms with van der Waals surface area (Å²) in [6.45, 7) is 14.3. The minimum absolute atomic E-state index is 0.307. The van der Waals surface area contributed by atoms with Crippen molar-refractivity contribution in [2.45, 2.75) is 54.0 Å². The van der Waals surface area contributed by atoms with E-state index < -0.39 is 0 Å². The highest BCUT2D eigenvalue weighted by Gasteiger charge is 2.65. The fourth-order valence-electron chi connectivity index (χ4n) is 2.60. The molecule has 2 rings (SSSR count). The van der Waals surface area contributed by atoms with E-state index in [4.69, 9.17) is 0 Å². The lowest BCUT2D eigenvalue weighted by Gasteiger charge is -2.12. The van der Waals surface area contributed by atoms with Crippen molar-refractivity contribution in [3.63, 3.8) is 0 Å². The molecule has 1 heterocycles. The summed E-state index contributed by atoms with van der Waals surface area (Å²) in [5.41, 5.74) is 1.71. The summed E-state index contributed by atoms with van der Waals surface area (Å²) in [5, 5.41) is 6.83. The van der Waals surface area contributed by atoms with Gasteiger partial charge in [-0.1, -0.05) is 34.6 Å².